The Bertz CT molecular complexity index is 1320. The molecule has 1 amide bonds. The summed E-state index contributed by atoms with van der Waals surface area (Å²) >= 11 is 1.48. The first-order valence-corrected chi connectivity index (χ1v) is 12.0. The van der Waals surface area contributed by atoms with Gasteiger partial charge in [0.05, 0.1) is 12.5 Å². The lowest BCUT2D eigenvalue weighted by atomic mass is 10.0. The first-order chi connectivity index (χ1) is 16.9. The van der Waals surface area contributed by atoms with Gasteiger partial charge in [-0.15, -0.1) is 11.3 Å². The molecule has 4 aromatic rings. The number of carbonyl (C=O) groups excluding carboxylic acids is 3. The minimum Gasteiger partial charge on any atom is -0.457 e. The summed E-state index contributed by atoms with van der Waals surface area (Å²) in [4.78, 5) is 42.5. The van der Waals surface area contributed by atoms with E-state index < -0.39 is 12.0 Å². The summed E-state index contributed by atoms with van der Waals surface area (Å²) in [5.41, 5.74) is 3.37. The maximum Gasteiger partial charge on any atom is 0.308 e. The molecule has 1 atom stereocenters. The van der Waals surface area contributed by atoms with Crippen LogP contribution in [0.4, 0.5) is 0 Å². The van der Waals surface area contributed by atoms with Crippen molar-refractivity contribution in [1.29, 1.82) is 0 Å². The number of esters is 1. The molecule has 0 bridgehead atoms. The second-order valence-electron chi connectivity index (χ2n) is 8.03. The van der Waals surface area contributed by atoms with Gasteiger partial charge in [-0.1, -0.05) is 48.5 Å². The highest BCUT2D eigenvalue weighted by Crippen LogP contribution is 2.23. The molecule has 2 aromatic heterocycles. The number of thiazole rings is 1. The summed E-state index contributed by atoms with van der Waals surface area (Å²) in [5, 5.41) is 5.55. The van der Waals surface area contributed by atoms with Crippen molar-refractivity contribution < 1.29 is 19.1 Å². The van der Waals surface area contributed by atoms with E-state index in [1.807, 2.05) is 60.2 Å². The van der Waals surface area contributed by atoms with Crippen LogP contribution in [0.25, 0.3) is 5.13 Å². The van der Waals surface area contributed by atoms with Crippen LogP contribution in [-0.2, 0) is 9.53 Å². The van der Waals surface area contributed by atoms with E-state index in [1.54, 1.807) is 36.5 Å². The summed E-state index contributed by atoms with van der Waals surface area (Å²) in [5.74, 6) is -1.16. The summed E-state index contributed by atoms with van der Waals surface area (Å²) in [6.45, 7) is 3.36. The number of aryl methyl sites for hydroxylation is 1. The Morgan fingerprint density at radius 3 is 2.37 bits per heavy atom. The van der Waals surface area contributed by atoms with Crippen LogP contribution in [0.3, 0.4) is 0 Å². The Morgan fingerprint density at radius 1 is 1.03 bits per heavy atom. The predicted octanol–water partition coefficient (Wildman–Crippen LogP) is 4.84. The van der Waals surface area contributed by atoms with Gasteiger partial charge in [-0.05, 0) is 37.6 Å². The van der Waals surface area contributed by atoms with Gasteiger partial charge < -0.3 is 10.1 Å². The Kier molecular flexibility index (Phi) is 7.52. The van der Waals surface area contributed by atoms with Gasteiger partial charge in [0.15, 0.2) is 11.7 Å². The monoisotopic (exact) mass is 487 g/mol. The molecule has 0 aliphatic carbocycles. The molecule has 35 heavy (non-hydrogen) atoms. The van der Waals surface area contributed by atoms with Crippen molar-refractivity contribution in [3.05, 3.63) is 106 Å². The predicted molar refractivity (Wildman–Crippen MR) is 134 cm³/mol. The third-order valence-corrected chi connectivity index (χ3v) is 6.38. The zero-order chi connectivity index (χ0) is 24.8. The minimum absolute atomic E-state index is 0.103. The number of rotatable bonds is 9. The number of amides is 1. The number of nitrogens with one attached hydrogen (secondary N) is 1. The van der Waals surface area contributed by atoms with Gasteiger partial charge in [0.2, 0.25) is 5.78 Å². The topological polar surface area (TPSA) is 90.3 Å². The summed E-state index contributed by atoms with van der Waals surface area (Å²) in [7, 11) is 0. The van der Waals surface area contributed by atoms with E-state index in [9.17, 15) is 14.4 Å². The van der Waals surface area contributed by atoms with Gasteiger partial charge in [0, 0.05) is 34.1 Å². The van der Waals surface area contributed by atoms with Crippen molar-refractivity contribution in [2.45, 2.75) is 26.3 Å². The molecule has 178 valence electrons. The molecule has 1 N–H and O–H groups in total. The van der Waals surface area contributed by atoms with Gasteiger partial charge >= 0.3 is 5.97 Å². The van der Waals surface area contributed by atoms with Crippen molar-refractivity contribution in [2.24, 2.45) is 0 Å². The van der Waals surface area contributed by atoms with E-state index in [0.717, 1.165) is 22.1 Å². The minimum atomic E-state index is -0.596. The second-order valence-corrected chi connectivity index (χ2v) is 8.90. The smallest absolute Gasteiger partial charge is 0.308 e. The third-order valence-electron chi connectivity index (χ3n) is 5.62. The van der Waals surface area contributed by atoms with Crippen LogP contribution < -0.4 is 5.32 Å². The number of hydrogen-bond acceptors (Lipinski definition) is 6. The van der Waals surface area contributed by atoms with Gasteiger partial charge in [-0.3, -0.25) is 19.0 Å². The van der Waals surface area contributed by atoms with Crippen LogP contribution in [-0.4, -0.2) is 33.8 Å². The molecule has 2 aromatic carbocycles. The summed E-state index contributed by atoms with van der Waals surface area (Å²) < 4.78 is 7.24. The van der Waals surface area contributed by atoms with E-state index in [4.69, 9.17) is 4.74 Å². The van der Waals surface area contributed by atoms with E-state index in [0.29, 0.717) is 11.1 Å². The molecule has 0 spiro atoms. The van der Waals surface area contributed by atoms with Crippen molar-refractivity contribution in [3.8, 4) is 5.13 Å². The maximum atomic E-state index is 12.8. The molecule has 0 fully saturated rings. The van der Waals surface area contributed by atoms with Crippen molar-refractivity contribution in [1.82, 2.24) is 14.9 Å². The molecule has 0 radical (unpaired) electrons. The van der Waals surface area contributed by atoms with Gasteiger partial charge in [0.25, 0.3) is 5.91 Å². The molecule has 0 unspecified atom stereocenters. The number of ether oxygens (including phenoxy) is 1. The zero-order valence-corrected chi connectivity index (χ0v) is 20.2. The van der Waals surface area contributed by atoms with Gasteiger partial charge in [-0.2, -0.15) is 0 Å². The average molecular weight is 488 g/mol. The SMILES string of the molecule is Cc1cc(C(=O)COC(=O)C[C@H](NC(=O)c2ccccc2)c2ccccc2)c(C)n1-c1nccs1. The van der Waals surface area contributed by atoms with E-state index in [2.05, 4.69) is 10.3 Å². The highest BCUT2D eigenvalue weighted by Gasteiger charge is 2.22. The number of hydrogen-bond donors (Lipinski definition) is 1. The number of benzene rings is 2. The highest BCUT2D eigenvalue weighted by atomic mass is 32.1. The second kappa shape index (κ2) is 10.9. The van der Waals surface area contributed by atoms with Crippen LogP contribution in [0.5, 0.6) is 0 Å². The lowest BCUT2D eigenvalue weighted by Gasteiger charge is -2.18. The largest absolute Gasteiger partial charge is 0.457 e. The molecule has 7 nitrogen and oxygen atoms in total. The molecule has 8 heteroatoms. The van der Waals surface area contributed by atoms with Gasteiger partial charge in [0.1, 0.15) is 0 Å². The van der Waals surface area contributed by atoms with Crippen LogP contribution in [0.15, 0.2) is 78.3 Å². The van der Waals surface area contributed by atoms with Crippen LogP contribution >= 0.6 is 11.3 Å². The van der Waals surface area contributed by atoms with Crippen molar-refractivity contribution in [2.75, 3.05) is 6.61 Å². The fraction of sp³-hybridized carbons (Fsp3) is 0.185. The summed E-state index contributed by atoms with van der Waals surface area (Å²) in [6, 6.07) is 19.2. The molecule has 0 aliphatic heterocycles. The molecule has 4 rings (SSSR count). The number of aromatic nitrogens is 2. The van der Waals surface area contributed by atoms with Gasteiger partial charge in [-0.25, -0.2) is 4.98 Å². The molecular formula is C27H25N3O4S. The third kappa shape index (κ3) is 5.73. The number of ketones is 1. The first kappa shape index (κ1) is 24.1. The molecule has 0 saturated heterocycles. The summed E-state index contributed by atoms with van der Waals surface area (Å²) in [6.07, 6.45) is 1.61. The Balaban J connectivity index is 1.42. The highest BCUT2D eigenvalue weighted by molar-refractivity contribution is 7.12. The molecule has 0 saturated carbocycles. The fourth-order valence-electron chi connectivity index (χ4n) is 3.88. The van der Waals surface area contributed by atoms with E-state index in [-0.39, 0.29) is 24.7 Å². The van der Waals surface area contributed by atoms with Crippen molar-refractivity contribution >= 4 is 29.0 Å². The first-order valence-electron chi connectivity index (χ1n) is 11.1. The fourth-order valence-corrected chi connectivity index (χ4v) is 4.64. The standard InChI is InChI=1S/C27H25N3O4S/c1-18-15-22(19(2)30(18)27-28-13-14-35-27)24(31)17-34-25(32)16-23(20-9-5-3-6-10-20)29-26(33)21-11-7-4-8-12-21/h3-15,23H,16-17H2,1-2H3,(H,29,33)/t23-/m0/s1. The number of Topliss-reactive ketones (excluding diaryl/α,β-unsaturated/α-hetero) is 1. The van der Waals surface area contributed by atoms with E-state index in [1.165, 1.54) is 11.3 Å². The van der Waals surface area contributed by atoms with Crippen LogP contribution in [0, 0.1) is 13.8 Å². The normalized spacial score (nSPS) is 11.6. The molecular weight excluding hydrogens is 462 g/mol. The zero-order valence-electron chi connectivity index (χ0n) is 19.4. The number of carbonyl (C=O) groups is 3. The quantitative estimate of drug-likeness (QED) is 0.270. The maximum absolute atomic E-state index is 12.8. The van der Waals surface area contributed by atoms with Crippen molar-refractivity contribution in [3.63, 3.8) is 0 Å². The van der Waals surface area contributed by atoms with E-state index >= 15 is 0 Å². The van der Waals surface area contributed by atoms with Crippen LogP contribution in [0.2, 0.25) is 0 Å². The lowest BCUT2D eigenvalue weighted by molar-refractivity contribution is -0.143. The number of nitrogens with zero attached hydrogens (tertiary/aromatic N) is 2. The molecule has 2 heterocycles. The lowest BCUT2D eigenvalue weighted by Crippen LogP contribution is -2.31. The Hall–Kier alpha value is -4.04. The molecule has 0 aliphatic rings. The Labute approximate surface area is 207 Å². The van der Waals surface area contributed by atoms with Crippen LogP contribution in [0.1, 0.15) is 50.1 Å². The Morgan fingerprint density at radius 2 is 1.71 bits per heavy atom. The average Bonchev–Trinajstić information content (AvgIpc) is 3.50.